The number of carbonyl (C=O) groups is 1. The highest BCUT2D eigenvalue weighted by molar-refractivity contribution is 5.94. The topological polar surface area (TPSA) is 79.8 Å². The lowest BCUT2D eigenvalue weighted by molar-refractivity contribution is 0.0917. The molecule has 2 N–H and O–H groups in total. The van der Waals surface area contributed by atoms with E-state index in [-0.39, 0.29) is 22.9 Å². The third kappa shape index (κ3) is 4.12. The van der Waals surface area contributed by atoms with E-state index >= 15 is 0 Å². The van der Waals surface area contributed by atoms with Crippen LogP contribution in [-0.4, -0.2) is 20.7 Å². The Hall–Kier alpha value is -3.93. The average molecular weight is 439 g/mol. The van der Waals surface area contributed by atoms with Crippen molar-refractivity contribution in [2.45, 2.75) is 32.7 Å². The zero-order chi connectivity index (χ0) is 23.0. The van der Waals surface area contributed by atoms with E-state index in [1.807, 2.05) is 71.5 Å². The highest BCUT2D eigenvalue weighted by Crippen LogP contribution is 2.41. The van der Waals surface area contributed by atoms with Gasteiger partial charge in [-0.2, -0.15) is 5.10 Å². The molecule has 0 aliphatic heterocycles. The second kappa shape index (κ2) is 8.20. The molecule has 33 heavy (non-hydrogen) atoms. The number of hydrogen-bond acceptors (Lipinski definition) is 3. The van der Waals surface area contributed by atoms with Crippen molar-refractivity contribution in [3.63, 3.8) is 0 Å². The predicted molar refractivity (Wildman–Crippen MR) is 128 cm³/mol. The van der Waals surface area contributed by atoms with Gasteiger partial charge in [0.2, 0.25) is 0 Å². The highest BCUT2D eigenvalue weighted by Gasteiger charge is 2.36. The summed E-state index contributed by atoms with van der Waals surface area (Å²) >= 11 is 0. The summed E-state index contributed by atoms with van der Waals surface area (Å²) in [4.78, 5) is 28.7. The van der Waals surface area contributed by atoms with Crippen LogP contribution in [0.4, 0.5) is 0 Å². The highest BCUT2D eigenvalue weighted by atomic mass is 16.2. The van der Waals surface area contributed by atoms with Crippen LogP contribution >= 0.6 is 0 Å². The summed E-state index contributed by atoms with van der Waals surface area (Å²) in [6.07, 6.45) is 3.47. The van der Waals surface area contributed by atoms with Crippen LogP contribution in [0.15, 0.2) is 83.8 Å². The molecular formula is C27H26N4O2. The van der Waals surface area contributed by atoms with E-state index in [4.69, 9.17) is 0 Å². The number of nitrogens with zero attached hydrogens (tertiary/aromatic N) is 2. The summed E-state index contributed by atoms with van der Waals surface area (Å²) in [6.45, 7) is 4.39. The molecule has 2 heterocycles. The molecule has 0 fully saturated rings. The first-order chi connectivity index (χ1) is 15.9. The molecule has 0 bridgehead atoms. The quantitative estimate of drug-likeness (QED) is 0.486. The number of benzene rings is 2. The number of hydrogen-bond donors (Lipinski definition) is 2. The zero-order valence-corrected chi connectivity index (χ0v) is 18.7. The van der Waals surface area contributed by atoms with E-state index in [9.17, 15) is 9.59 Å². The van der Waals surface area contributed by atoms with E-state index in [0.717, 1.165) is 35.3 Å². The van der Waals surface area contributed by atoms with Crippen LogP contribution in [0.2, 0.25) is 0 Å². The molecule has 0 saturated heterocycles. The van der Waals surface area contributed by atoms with Gasteiger partial charge in [0.05, 0.1) is 23.6 Å². The molecule has 5 rings (SSSR count). The van der Waals surface area contributed by atoms with Gasteiger partial charge in [-0.3, -0.25) is 9.59 Å². The van der Waals surface area contributed by atoms with Gasteiger partial charge >= 0.3 is 0 Å². The number of para-hydroxylation sites is 1. The Morgan fingerprint density at radius 3 is 2.42 bits per heavy atom. The van der Waals surface area contributed by atoms with Gasteiger partial charge < -0.3 is 10.3 Å². The SMILES string of the molecule is CC1(C)Cc2c(cnn2-c2ccccc2)[C@@H](NC(=O)c2ccc(-c3ccccc3)[nH]c2=O)C1. The Balaban J connectivity index is 1.44. The van der Waals surface area contributed by atoms with Crippen molar-refractivity contribution in [2.75, 3.05) is 0 Å². The molecule has 4 aromatic rings. The van der Waals surface area contributed by atoms with Crippen molar-refractivity contribution < 1.29 is 4.79 Å². The minimum atomic E-state index is -0.399. The molecule has 1 atom stereocenters. The molecule has 6 heteroatoms. The Bertz CT molecular complexity index is 1350. The lowest BCUT2D eigenvalue weighted by atomic mass is 9.74. The largest absolute Gasteiger partial charge is 0.345 e. The Morgan fingerprint density at radius 2 is 1.73 bits per heavy atom. The van der Waals surface area contributed by atoms with Crippen LogP contribution in [0.3, 0.4) is 0 Å². The first kappa shape index (κ1) is 20.9. The number of carbonyl (C=O) groups excluding carboxylic acids is 1. The summed E-state index contributed by atoms with van der Waals surface area (Å²) in [5.41, 5.74) is 4.35. The van der Waals surface area contributed by atoms with Gasteiger partial charge in [0.25, 0.3) is 11.5 Å². The number of rotatable bonds is 4. The number of pyridine rings is 1. The minimum absolute atomic E-state index is 0.0267. The minimum Gasteiger partial charge on any atom is -0.345 e. The fraction of sp³-hybridized carbons (Fsp3) is 0.222. The molecule has 0 radical (unpaired) electrons. The third-order valence-electron chi connectivity index (χ3n) is 6.22. The summed E-state index contributed by atoms with van der Waals surface area (Å²) in [6, 6.07) is 22.7. The van der Waals surface area contributed by atoms with E-state index < -0.39 is 5.56 Å². The molecular weight excluding hydrogens is 412 g/mol. The van der Waals surface area contributed by atoms with Gasteiger partial charge in [0.1, 0.15) is 5.56 Å². The van der Waals surface area contributed by atoms with Gasteiger partial charge in [0, 0.05) is 11.3 Å². The number of amides is 1. The normalized spacial score (nSPS) is 16.7. The molecule has 0 spiro atoms. The monoisotopic (exact) mass is 438 g/mol. The van der Waals surface area contributed by atoms with Crippen molar-refractivity contribution in [1.29, 1.82) is 0 Å². The molecule has 1 aliphatic carbocycles. The second-order valence-electron chi connectivity index (χ2n) is 9.35. The molecule has 0 saturated carbocycles. The summed E-state index contributed by atoms with van der Waals surface area (Å²) < 4.78 is 1.96. The van der Waals surface area contributed by atoms with E-state index in [1.54, 1.807) is 12.1 Å². The third-order valence-corrected chi connectivity index (χ3v) is 6.22. The Kier molecular flexibility index (Phi) is 5.21. The number of nitrogens with one attached hydrogen (secondary N) is 2. The molecule has 2 aromatic carbocycles. The molecule has 2 aromatic heterocycles. The zero-order valence-electron chi connectivity index (χ0n) is 18.7. The maximum absolute atomic E-state index is 13.1. The fourth-order valence-electron chi connectivity index (χ4n) is 4.64. The summed E-state index contributed by atoms with van der Waals surface area (Å²) in [7, 11) is 0. The van der Waals surface area contributed by atoms with Gasteiger partial charge in [-0.05, 0) is 48.1 Å². The van der Waals surface area contributed by atoms with Crippen molar-refractivity contribution in [3.8, 4) is 16.9 Å². The van der Waals surface area contributed by atoms with Crippen molar-refractivity contribution in [3.05, 3.63) is 106 Å². The predicted octanol–water partition coefficient (Wildman–Crippen LogP) is 4.67. The Morgan fingerprint density at radius 1 is 1.03 bits per heavy atom. The van der Waals surface area contributed by atoms with Gasteiger partial charge in [-0.25, -0.2) is 4.68 Å². The van der Waals surface area contributed by atoms with Crippen LogP contribution in [0.25, 0.3) is 16.9 Å². The Labute approximate surface area is 192 Å². The molecule has 1 amide bonds. The summed E-state index contributed by atoms with van der Waals surface area (Å²) in [5.74, 6) is -0.378. The van der Waals surface area contributed by atoms with Crippen LogP contribution in [0.1, 0.15) is 47.9 Å². The van der Waals surface area contributed by atoms with Gasteiger partial charge in [0.15, 0.2) is 0 Å². The molecule has 166 valence electrons. The fourth-order valence-corrected chi connectivity index (χ4v) is 4.64. The van der Waals surface area contributed by atoms with Crippen molar-refractivity contribution in [1.82, 2.24) is 20.1 Å². The number of aromatic nitrogens is 3. The van der Waals surface area contributed by atoms with Crippen molar-refractivity contribution in [2.24, 2.45) is 5.41 Å². The summed E-state index contributed by atoms with van der Waals surface area (Å²) in [5, 5.41) is 7.72. The maximum Gasteiger partial charge on any atom is 0.261 e. The number of fused-ring (bicyclic) bond motifs is 1. The lowest BCUT2D eigenvalue weighted by Crippen LogP contribution is -2.38. The lowest BCUT2D eigenvalue weighted by Gasteiger charge is -2.36. The maximum atomic E-state index is 13.1. The first-order valence-electron chi connectivity index (χ1n) is 11.1. The molecule has 1 aliphatic rings. The standard InChI is InChI=1S/C27H26N4O2/c1-27(2)15-23(21-17-28-31(24(21)16-27)19-11-7-4-8-12-19)30-26(33)20-13-14-22(29-25(20)32)18-9-5-3-6-10-18/h3-14,17,23H,15-16H2,1-2H3,(H,29,32)(H,30,33)/t23-/m0/s1. The van der Waals surface area contributed by atoms with Crippen LogP contribution in [0.5, 0.6) is 0 Å². The van der Waals surface area contributed by atoms with Crippen LogP contribution < -0.4 is 10.9 Å². The van der Waals surface area contributed by atoms with E-state index in [0.29, 0.717) is 5.69 Å². The molecule has 6 nitrogen and oxygen atoms in total. The van der Waals surface area contributed by atoms with Crippen molar-refractivity contribution >= 4 is 5.91 Å². The van der Waals surface area contributed by atoms with Gasteiger partial charge in [-0.1, -0.05) is 62.4 Å². The number of aromatic amines is 1. The smallest absolute Gasteiger partial charge is 0.261 e. The van der Waals surface area contributed by atoms with Crippen LogP contribution in [-0.2, 0) is 6.42 Å². The van der Waals surface area contributed by atoms with Crippen LogP contribution in [0, 0.1) is 5.41 Å². The molecule has 0 unspecified atom stereocenters. The second-order valence-corrected chi connectivity index (χ2v) is 9.35. The van der Waals surface area contributed by atoms with Gasteiger partial charge in [-0.15, -0.1) is 0 Å². The van der Waals surface area contributed by atoms with E-state index in [2.05, 4.69) is 29.2 Å². The number of H-pyrrole nitrogens is 1. The van der Waals surface area contributed by atoms with E-state index in [1.165, 1.54) is 0 Å². The average Bonchev–Trinajstić information content (AvgIpc) is 3.23. The first-order valence-corrected chi connectivity index (χ1v) is 11.1.